The van der Waals surface area contributed by atoms with E-state index in [1.165, 1.54) is 12.1 Å². The Bertz CT molecular complexity index is 291. The Balaban J connectivity index is 0.000001000. The molecule has 3 heteroatoms. The Kier molecular flexibility index (Phi) is 4.48. The van der Waals surface area contributed by atoms with Crippen LogP contribution >= 0.6 is 0 Å². The normalized spacial score (nSPS) is 8.09. The Morgan fingerprint density at radius 3 is 2.73 bits per heavy atom. The number of benzene rings is 1. The molecule has 0 spiro atoms. The summed E-state index contributed by atoms with van der Waals surface area (Å²) in [6.45, 7) is 1.63. The number of rotatable bonds is 0. The van der Waals surface area contributed by atoms with Crippen LogP contribution in [-0.4, -0.2) is 0 Å². The largest absolute Gasteiger partial charge is 0.262 e. The standard InChI is InChI=1S/C8H5FN.Y/c1-6-2-3-7(5-10)4-8(6)9;/h2,4H,1H3;/q-1;. The molecule has 0 heterocycles. The monoisotopic (exact) mass is 223 g/mol. The van der Waals surface area contributed by atoms with Gasteiger partial charge in [-0.2, -0.15) is 0 Å². The van der Waals surface area contributed by atoms with E-state index in [4.69, 9.17) is 5.26 Å². The molecule has 1 rings (SSSR count). The maximum Gasteiger partial charge on any atom is 0.0453 e. The fourth-order valence-corrected chi connectivity index (χ4v) is 0.602. The van der Waals surface area contributed by atoms with Gasteiger partial charge >= 0.3 is 0 Å². The van der Waals surface area contributed by atoms with Gasteiger partial charge in [-0.1, -0.05) is 24.1 Å². The molecular formula is C8H5FNY-. The molecule has 1 aromatic carbocycles. The third kappa shape index (κ3) is 2.69. The van der Waals surface area contributed by atoms with Crippen molar-refractivity contribution in [3.05, 3.63) is 35.1 Å². The quantitative estimate of drug-likeness (QED) is 0.615. The summed E-state index contributed by atoms with van der Waals surface area (Å²) in [7, 11) is 0. The third-order valence-electron chi connectivity index (χ3n) is 1.21. The second-order valence-electron chi connectivity index (χ2n) is 1.99. The van der Waals surface area contributed by atoms with Crippen molar-refractivity contribution in [1.29, 1.82) is 5.26 Å². The summed E-state index contributed by atoms with van der Waals surface area (Å²) < 4.78 is 12.6. The second-order valence-corrected chi connectivity index (χ2v) is 1.99. The summed E-state index contributed by atoms with van der Waals surface area (Å²) in [4.78, 5) is 0. The Labute approximate surface area is 90.1 Å². The summed E-state index contributed by atoms with van der Waals surface area (Å²) in [5.41, 5.74) is 0.752. The first-order valence-electron chi connectivity index (χ1n) is 2.82. The van der Waals surface area contributed by atoms with Crippen LogP contribution in [0.5, 0.6) is 0 Å². The maximum absolute atomic E-state index is 12.6. The molecule has 0 saturated carbocycles. The predicted molar refractivity (Wildman–Crippen MR) is 34.7 cm³/mol. The summed E-state index contributed by atoms with van der Waals surface area (Å²) in [6, 6.07) is 7.07. The van der Waals surface area contributed by atoms with Gasteiger partial charge in [0.1, 0.15) is 0 Å². The van der Waals surface area contributed by atoms with Crippen LogP contribution in [0.4, 0.5) is 4.39 Å². The molecule has 0 bridgehead atoms. The topological polar surface area (TPSA) is 23.8 Å². The Morgan fingerprint density at radius 2 is 2.27 bits per heavy atom. The van der Waals surface area contributed by atoms with Gasteiger partial charge in [0.2, 0.25) is 0 Å². The minimum Gasteiger partial charge on any atom is -0.262 e. The molecule has 0 aliphatic carbocycles. The third-order valence-corrected chi connectivity index (χ3v) is 1.21. The van der Waals surface area contributed by atoms with Crippen molar-refractivity contribution < 1.29 is 37.1 Å². The van der Waals surface area contributed by atoms with Crippen molar-refractivity contribution in [2.45, 2.75) is 6.92 Å². The smallest absolute Gasteiger partial charge is 0.0453 e. The zero-order valence-electron chi connectivity index (χ0n) is 6.06. The van der Waals surface area contributed by atoms with E-state index in [9.17, 15) is 4.39 Å². The molecule has 11 heavy (non-hydrogen) atoms. The molecule has 0 aliphatic rings. The number of nitrogens with zero attached hydrogens (tertiary/aromatic N) is 1. The first-order chi connectivity index (χ1) is 4.74. The molecule has 1 aromatic rings. The minimum atomic E-state index is -0.352. The van der Waals surface area contributed by atoms with Gasteiger partial charge in [0.25, 0.3) is 0 Å². The van der Waals surface area contributed by atoms with Crippen molar-refractivity contribution >= 4 is 0 Å². The van der Waals surface area contributed by atoms with Crippen LogP contribution in [0.1, 0.15) is 11.1 Å². The Hall–Kier alpha value is -0.256. The van der Waals surface area contributed by atoms with E-state index in [2.05, 4.69) is 6.07 Å². The number of nitriles is 1. The van der Waals surface area contributed by atoms with Crippen LogP contribution < -0.4 is 0 Å². The van der Waals surface area contributed by atoms with Crippen molar-refractivity contribution in [3.63, 3.8) is 0 Å². The van der Waals surface area contributed by atoms with Gasteiger partial charge in [-0.05, 0) is 6.07 Å². The number of aryl methyl sites for hydroxylation is 1. The van der Waals surface area contributed by atoms with Crippen molar-refractivity contribution in [1.82, 2.24) is 0 Å². The zero-order chi connectivity index (χ0) is 7.56. The van der Waals surface area contributed by atoms with E-state index in [1.807, 2.05) is 0 Å². The summed E-state index contributed by atoms with van der Waals surface area (Å²) in [5, 5.41) is 8.31. The van der Waals surface area contributed by atoms with E-state index in [-0.39, 0.29) is 44.1 Å². The average molecular weight is 223 g/mol. The predicted octanol–water partition coefficient (Wildman–Crippen LogP) is 1.80. The molecule has 0 aromatic heterocycles. The van der Waals surface area contributed by atoms with E-state index in [1.54, 1.807) is 13.0 Å². The number of halogens is 1. The minimum absolute atomic E-state index is 0. The average Bonchev–Trinajstić information content (AvgIpc) is 1.95. The molecule has 1 nitrogen and oxygen atoms in total. The van der Waals surface area contributed by atoms with Gasteiger partial charge in [-0.15, -0.1) is 12.1 Å². The summed E-state index contributed by atoms with van der Waals surface area (Å²) in [6.07, 6.45) is 0. The van der Waals surface area contributed by atoms with Crippen LogP contribution in [0.2, 0.25) is 0 Å². The molecule has 0 amide bonds. The van der Waals surface area contributed by atoms with Crippen molar-refractivity contribution in [2.75, 3.05) is 0 Å². The van der Waals surface area contributed by atoms with E-state index in [0.717, 1.165) is 0 Å². The van der Waals surface area contributed by atoms with Gasteiger partial charge in [-0.25, -0.2) is 4.39 Å². The van der Waals surface area contributed by atoms with Crippen molar-refractivity contribution in [3.8, 4) is 6.07 Å². The van der Waals surface area contributed by atoms with Crippen LogP contribution in [-0.2, 0) is 32.7 Å². The summed E-state index contributed by atoms with van der Waals surface area (Å²) >= 11 is 0. The first kappa shape index (κ1) is 10.7. The second kappa shape index (κ2) is 4.59. The van der Waals surface area contributed by atoms with E-state index >= 15 is 0 Å². The maximum atomic E-state index is 12.6. The molecule has 0 atom stereocenters. The summed E-state index contributed by atoms with van der Waals surface area (Å²) in [5.74, 6) is -0.352. The van der Waals surface area contributed by atoms with E-state index < -0.39 is 0 Å². The SMILES string of the molecule is Cc1c[c-]c(C#N)cc1F.[Y]. The molecule has 0 fully saturated rings. The van der Waals surface area contributed by atoms with Crippen LogP contribution in [0.15, 0.2) is 12.1 Å². The fraction of sp³-hybridized carbons (Fsp3) is 0.125. The van der Waals surface area contributed by atoms with Gasteiger partial charge in [0.15, 0.2) is 0 Å². The molecule has 0 saturated heterocycles. The number of hydrogen-bond acceptors (Lipinski definition) is 1. The Morgan fingerprint density at radius 1 is 1.64 bits per heavy atom. The molecule has 0 unspecified atom stereocenters. The van der Waals surface area contributed by atoms with Crippen LogP contribution in [0, 0.1) is 30.1 Å². The van der Waals surface area contributed by atoms with Crippen LogP contribution in [0.3, 0.4) is 0 Å². The van der Waals surface area contributed by atoms with Gasteiger partial charge in [0, 0.05) is 38.5 Å². The van der Waals surface area contributed by atoms with Gasteiger partial charge in [0.05, 0.1) is 0 Å². The molecule has 53 valence electrons. The van der Waals surface area contributed by atoms with Crippen LogP contribution in [0.25, 0.3) is 0 Å². The molecule has 0 N–H and O–H groups in total. The van der Waals surface area contributed by atoms with Gasteiger partial charge in [-0.3, -0.25) is 5.26 Å². The molecule has 1 radical (unpaired) electrons. The first-order valence-corrected chi connectivity index (χ1v) is 2.82. The molecule has 0 aliphatic heterocycles. The zero-order valence-corrected chi connectivity index (χ0v) is 8.90. The van der Waals surface area contributed by atoms with Gasteiger partial charge < -0.3 is 0 Å². The van der Waals surface area contributed by atoms with Crippen molar-refractivity contribution in [2.24, 2.45) is 0 Å². The van der Waals surface area contributed by atoms with E-state index in [0.29, 0.717) is 5.56 Å². The molecular weight excluding hydrogens is 218 g/mol. The fourth-order valence-electron chi connectivity index (χ4n) is 0.602. The number of hydrogen-bond donors (Lipinski definition) is 0.